The van der Waals surface area contributed by atoms with Crippen molar-refractivity contribution in [3.05, 3.63) is 119 Å². The second kappa shape index (κ2) is 34.9. The third kappa shape index (κ3) is 16.0. The van der Waals surface area contributed by atoms with Gasteiger partial charge in [-0.05, 0) is 114 Å². The summed E-state index contributed by atoms with van der Waals surface area (Å²) in [5, 5.41) is 23.8. The number of rotatable bonds is 39. The molecule has 0 spiro atoms. The Balaban J connectivity index is 0.973. The monoisotopic (exact) mass is 1510 g/mol. The molecule has 8 heterocycles. The Morgan fingerprint density at radius 3 is 1.11 bits per heavy atom. The van der Waals surface area contributed by atoms with Crippen molar-refractivity contribution in [1.29, 1.82) is 0 Å². The zero-order valence-electron chi connectivity index (χ0n) is 63.1. The summed E-state index contributed by atoms with van der Waals surface area (Å²) in [6.07, 6.45) is 24.5. The van der Waals surface area contributed by atoms with Gasteiger partial charge in [-0.3, -0.25) is 0 Å². The third-order valence-corrected chi connectivity index (χ3v) is 42.2. The van der Waals surface area contributed by atoms with Crippen LogP contribution in [-0.2, 0) is 13.1 Å². The molecule has 0 N–H and O–H groups in total. The molecule has 102 heavy (non-hydrogen) atoms. The Morgan fingerprint density at radius 1 is 0.353 bits per heavy atom. The third-order valence-electron chi connectivity index (χ3n) is 22.3. The van der Waals surface area contributed by atoms with Crippen LogP contribution in [0.3, 0.4) is 0 Å². The SMILES string of the molecule is CCCCC(CC)Cn1nc2c(C)ccc(-c3ccc(-c4ccc(-c5ccc(-c6ccc(-c7cc8c(-c9ccc([Si](CCCC)(CCCC)CCCC)s9)c9sc(C)cc9c(-c9ccc([Si](CCCC)(CCCC)CCCC)s9)c8s7)c7nn(CC(CC)CCCC)nc67)s5)c(F)c4F)s3)c2n1. The minimum absolute atomic E-state index is 0.248. The highest BCUT2D eigenvalue weighted by Gasteiger charge is 2.38. The number of fused-ring (bicyclic) bond motifs is 4. The number of aryl methyl sites for hydroxylation is 2. The van der Waals surface area contributed by atoms with Crippen LogP contribution in [0.25, 0.3) is 115 Å². The van der Waals surface area contributed by atoms with Gasteiger partial charge in [-0.25, -0.2) is 8.78 Å². The number of aromatic nitrogens is 6. The Hall–Kier alpha value is -5.31. The Labute approximate surface area is 633 Å². The molecule has 0 aliphatic heterocycles. The van der Waals surface area contributed by atoms with Crippen molar-refractivity contribution >= 4 is 135 Å². The number of unbranched alkanes of at least 4 members (excludes halogenated alkanes) is 8. The molecule has 8 aromatic heterocycles. The fourth-order valence-corrected chi connectivity index (χ4v) is 36.5. The van der Waals surface area contributed by atoms with Crippen molar-refractivity contribution in [3.8, 4) is 73.1 Å². The van der Waals surface area contributed by atoms with Gasteiger partial charge in [-0.2, -0.15) is 30.0 Å². The van der Waals surface area contributed by atoms with Gasteiger partial charge in [0.2, 0.25) is 0 Å². The van der Waals surface area contributed by atoms with Crippen LogP contribution in [0.4, 0.5) is 8.78 Å². The highest BCUT2D eigenvalue weighted by molar-refractivity contribution is 7.31. The first-order valence-corrected chi connectivity index (χ1v) is 49.5. The lowest BCUT2D eigenvalue weighted by Gasteiger charge is -2.31. The summed E-state index contributed by atoms with van der Waals surface area (Å²) < 4.78 is 40.1. The molecule has 12 rings (SSSR count). The van der Waals surface area contributed by atoms with Gasteiger partial charge in [0.15, 0.2) is 11.6 Å². The average molecular weight is 1510 g/mol. The predicted molar refractivity (Wildman–Crippen MR) is 454 cm³/mol. The first-order chi connectivity index (χ1) is 49.7. The topological polar surface area (TPSA) is 61.4 Å². The van der Waals surface area contributed by atoms with Crippen molar-refractivity contribution in [3.63, 3.8) is 0 Å². The maximum atomic E-state index is 17.0. The number of hydrogen-bond acceptors (Lipinski definition) is 10. The van der Waals surface area contributed by atoms with Crippen molar-refractivity contribution in [2.75, 3.05) is 0 Å². The minimum Gasteiger partial charge on any atom is -0.203 e. The molecule has 542 valence electrons. The molecule has 16 heteroatoms. The quantitative estimate of drug-likeness (QED) is 0.0360. The van der Waals surface area contributed by atoms with Crippen LogP contribution in [0.1, 0.15) is 208 Å². The zero-order valence-corrected chi connectivity index (χ0v) is 70.0. The normalized spacial score (nSPS) is 13.0. The molecular weight excluding hydrogens is 1400 g/mol. The van der Waals surface area contributed by atoms with Crippen molar-refractivity contribution in [1.82, 2.24) is 30.0 Å². The fraction of sp³-hybridized carbons (Fsp3) is 0.488. The number of nitrogens with zero attached hydrogens (tertiary/aromatic N) is 6. The number of benzene rings is 4. The van der Waals surface area contributed by atoms with Crippen molar-refractivity contribution < 1.29 is 8.78 Å². The van der Waals surface area contributed by atoms with Crippen LogP contribution in [0.5, 0.6) is 0 Å². The van der Waals surface area contributed by atoms with Crippen molar-refractivity contribution in [2.45, 2.75) is 261 Å². The van der Waals surface area contributed by atoms with E-state index in [1.165, 1.54) is 206 Å². The number of hydrogen-bond donors (Lipinski definition) is 0. The Morgan fingerprint density at radius 2 is 0.696 bits per heavy atom. The summed E-state index contributed by atoms with van der Waals surface area (Å²) in [5.74, 6) is -0.743. The second-order valence-corrected chi connectivity index (χ2v) is 46.2. The molecule has 2 atom stereocenters. The molecule has 0 amide bonds. The molecule has 0 aliphatic rings. The van der Waals surface area contributed by atoms with Crippen LogP contribution in [0.2, 0.25) is 36.3 Å². The van der Waals surface area contributed by atoms with Crippen molar-refractivity contribution in [2.24, 2.45) is 11.8 Å². The van der Waals surface area contributed by atoms with Gasteiger partial charge in [0.1, 0.15) is 22.1 Å². The van der Waals surface area contributed by atoms with Gasteiger partial charge in [0.25, 0.3) is 0 Å². The van der Waals surface area contributed by atoms with Gasteiger partial charge in [-0.15, -0.1) is 68.0 Å². The molecule has 0 aliphatic carbocycles. The summed E-state index contributed by atoms with van der Waals surface area (Å²) in [6.45, 7) is 29.3. The lowest BCUT2D eigenvalue weighted by Crippen LogP contribution is -2.45. The standard InChI is InChI=1S/C86H110F2N6S6Si2/c1-13-23-31-59(21-9)55-93-89-81-57(11)33-34-63(82(81)90-93)70-41-39-68(96-70)61-35-36-62(80(88)79(61)87)69-40-42-71(97-69)64-37-38-65(84-83(64)91-94(92-84)56-60(22-10)32-24-14-2)74-54-67-78(73-44-46-76(99-73)102(50-28-18-6,51-29-19-7)52-30-20-8)85-66(53-58(12)95-85)77(86(67)100-74)72-43-45-75(98-72)101(47-25-15-3,48-26-16-4)49-27-17-5/h33-46,53-54,59-60H,13-32,47-52,55-56H2,1-12H3. The first-order valence-electron chi connectivity index (χ1n) is 39.3. The van der Waals surface area contributed by atoms with Gasteiger partial charge in [0.05, 0.1) is 29.2 Å². The number of thiophene rings is 6. The number of halogens is 2. The van der Waals surface area contributed by atoms with E-state index in [0.29, 0.717) is 21.6 Å². The van der Waals surface area contributed by atoms with Crippen LogP contribution >= 0.6 is 68.0 Å². The summed E-state index contributed by atoms with van der Waals surface area (Å²) in [7, 11) is -3.61. The van der Waals surface area contributed by atoms with Crippen LogP contribution in [0, 0.1) is 37.3 Å². The van der Waals surface area contributed by atoms with E-state index in [1.807, 2.05) is 50.5 Å². The smallest absolute Gasteiger partial charge is 0.168 e. The van der Waals surface area contributed by atoms with E-state index in [-0.39, 0.29) is 11.1 Å². The molecule has 4 aromatic carbocycles. The summed E-state index contributed by atoms with van der Waals surface area (Å²) in [6, 6.07) is 43.9. The summed E-state index contributed by atoms with van der Waals surface area (Å²) >= 11 is 11.2. The lowest BCUT2D eigenvalue weighted by atomic mass is 9.99. The Bertz CT molecular complexity index is 4590. The van der Waals surface area contributed by atoms with E-state index in [0.717, 1.165) is 99.3 Å². The maximum Gasteiger partial charge on any atom is 0.168 e. The fourth-order valence-electron chi connectivity index (χ4n) is 16.0. The zero-order chi connectivity index (χ0) is 71.7. The minimum atomic E-state index is -1.80. The van der Waals surface area contributed by atoms with E-state index in [9.17, 15) is 0 Å². The highest BCUT2D eigenvalue weighted by atomic mass is 32.1. The summed E-state index contributed by atoms with van der Waals surface area (Å²) in [5.41, 5.74) is 10.8. The molecule has 12 aromatic rings. The first kappa shape index (κ1) is 76.3. The lowest BCUT2D eigenvalue weighted by molar-refractivity contribution is 0.351. The molecule has 0 saturated heterocycles. The van der Waals surface area contributed by atoms with Gasteiger partial charge < -0.3 is 0 Å². The van der Waals surface area contributed by atoms with Gasteiger partial charge in [-0.1, -0.05) is 257 Å². The van der Waals surface area contributed by atoms with Crippen LogP contribution in [0.15, 0.2) is 97.1 Å². The second-order valence-electron chi connectivity index (χ2n) is 29.7. The van der Waals surface area contributed by atoms with E-state index >= 15 is 8.78 Å². The van der Waals surface area contributed by atoms with Crippen LogP contribution in [-0.4, -0.2) is 46.1 Å². The van der Waals surface area contributed by atoms with E-state index in [2.05, 4.69) is 172 Å². The molecule has 0 saturated carbocycles. The molecule has 0 bridgehead atoms. The molecule has 2 unspecified atom stereocenters. The maximum absolute atomic E-state index is 17.0. The van der Waals surface area contributed by atoms with E-state index < -0.39 is 27.8 Å². The molecule has 0 radical (unpaired) electrons. The predicted octanol–water partition coefficient (Wildman–Crippen LogP) is 29.0. The Kier molecular flexibility index (Phi) is 26.2. The highest BCUT2D eigenvalue weighted by Crippen LogP contribution is 2.54. The molecule has 0 fully saturated rings. The largest absolute Gasteiger partial charge is 0.203 e. The molecular formula is C86H110F2N6S6Si2. The van der Waals surface area contributed by atoms with E-state index in [1.54, 1.807) is 21.1 Å². The van der Waals surface area contributed by atoms with Gasteiger partial charge >= 0.3 is 0 Å². The average Bonchev–Trinajstić information content (AvgIpc) is 1.56. The molecule has 6 nitrogen and oxygen atoms in total. The van der Waals surface area contributed by atoms with E-state index in [4.69, 9.17) is 20.4 Å². The van der Waals surface area contributed by atoms with Gasteiger partial charge in [0, 0.05) is 98.1 Å². The summed E-state index contributed by atoms with van der Waals surface area (Å²) in [4.78, 5) is 12.5. The van der Waals surface area contributed by atoms with Crippen LogP contribution < -0.4 is 9.00 Å².